The normalized spacial score (nSPS) is 11.5. The van der Waals surface area contributed by atoms with Crippen molar-refractivity contribution in [2.45, 2.75) is 25.2 Å². The Bertz CT molecular complexity index is 495. The minimum atomic E-state index is -3.79. The van der Waals surface area contributed by atoms with Gasteiger partial charge in [-0.25, -0.2) is 8.42 Å². The van der Waals surface area contributed by atoms with Gasteiger partial charge in [0.25, 0.3) is 15.0 Å². The van der Waals surface area contributed by atoms with Gasteiger partial charge in [-0.15, -0.1) is 0 Å². The molecule has 1 heterocycles. The summed E-state index contributed by atoms with van der Waals surface area (Å²) in [6, 6.07) is 1.25. The SMILES string of the molecule is CCCN(CC)C(=O)c1cc(S(=O)(=O)Cl)c[nH]1. The van der Waals surface area contributed by atoms with Crippen LogP contribution in [0.2, 0.25) is 0 Å². The van der Waals surface area contributed by atoms with Crippen LogP contribution in [0.3, 0.4) is 0 Å². The molecule has 1 amide bonds. The Balaban J connectivity index is 2.94. The van der Waals surface area contributed by atoms with E-state index in [0.717, 1.165) is 6.42 Å². The molecule has 0 spiro atoms. The van der Waals surface area contributed by atoms with Gasteiger partial charge < -0.3 is 9.88 Å². The first-order valence-electron chi connectivity index (χ1n) is 5.32. The maximum Gasteiger partial charge on any atom is 0.270 e. The third kappa shape index (κ3) is 3.47. The minimum absolute atomic E-state index is 0.0879. The van der Waals surface area contributed by atoms with E-state index in [1.807, 2.05) is 13.8 Å². The predicted octanol–water partition coefficient (Wildman–Crippen LogP) is 1.81. The molecule has 1 aromatic heterocycles. The van der Waals surface area contributed by atoms with Crippen LogP contribution in [-0.4, -0.2) is 37.3 Å². The molecular formula is C10H15ClN2O3S. The van der Waals surface area contributed by atoms with Crippen molar-refractivity contribution in [3.05, 3.63) is 18.0 Å². The molecule has 0 fully saturated rings. The van der Waals surface area contributed by atoms with E-state index in [2.05, 4.69) is 4.98 Å². The topological polar surface area (TPSA) is 70.2 Å². The molecule has 0 aromatic carbocycles. The summed E-state index contributed by atoms with van der Waals surface area (Å²) in [6.45, 7) is 5.06. The lowest BCUT2D eigenvalue weighted by atomic mass is 10.3. The summed E-state index contributed by atoms with van der Waals surface area (Å²) < 4.78 is 22.1. The quantitative estimate of drug-likeness (QED) is 0.835. The van der Waals surface area contributed by atoms with Crippen molar-refractivity contribution in [2.24, 2.45) is 0 Å². The number of H-pyrrole nitrogens is 1. The Labute approximate surface area is 105 Å². The highest BCUT2D eigenvalue weighted by atomic mass is 35.7. The van der Waals surface area contributed by atoms with Crippen LogP contribution in [0.25, 0.3) is 0 Å². The number of carbonyl (C=O) groups is 1. The molecule has 1 N–H and O–H groups in total. The smallest absolute Gasteiger partial charge is 0.270 e. The van der Waals surface area contributed by atoms with Gasteiger partial charge in [-0.05, 0) is 19.4 Å². The molecule has 0 saturated heterocycles. The molecular weight excluding hydrogens is 264 g/mol. The molecule has 7 heteroatoms. The molecule has 0 aliphatic carbocycles. The predicted molar refractivity (Wildman–Crippen MR) is 65.7 cm³/mol. The fourth-order valence-corrected chi connectivity index (χ4v) is 2.21. The van der Waals surface area contributed by atoms with Crippen LogP contribution < -0.4 is 0 Å². The maximum absolute atomic E-state index is 12.0. The first kappa shape index (κ1) is 14.1. The zero-order chi connectivity index (χ0) is 13.1. The first-order valence-corrected chi connectivity index (χ1v) is 7.63. The summed E-state index contributed by atoms with van der Waals surface area (Å²) in [7, 11) is 1.39. The highest BCUT2D eigenvalue weighted by Crippen LogP contribution is 2.16. The number of hydrogen-bond donors (Lipinski definition) is 1. The molecule has 0 aliphatic heterocycles. The van der Waals surface area contributed by atoms with E-state index in [9.17, 15) is 13.2 Å². The second-order valence-electron chi connectivity index (χ2n) is 3.57. The van der Waals surface area contributed by atoms with Crippen molar-refractivity contribution in [1.82, 2.24) is 9.88 Å². The summed E-state index contributed by atoms with van der Waals surface area (Å²) in [5.41, 5.74) is 0.236. The fraction of sp³-hybridized carbons (Fsp3) is 0.500. The van der Waals surface area contributed by atoms with Crippen molar-refractivity contribution < 1.29 is 13.2 Å². The molecule has 0 saturated carbocycles. The third-order valence-corrected chi connectivity index (χ3v) is 3.66. The van der Waals surface area contributed by atoms with Crippen LogP contribution in [0.15, 0.2) is 17.2 Å². The summed E-state index contributed by atoms with van der Waals surface area (Å²) >= 11 is 0. The van der Waals surface area contributed by atoms with Gasteiger partial charge in [-0.3, -0.25) is 4.79 Å². The van der Waals surface area contributed by atoms with E-state index in [4.69, 9.17) is 10.7 Å². The molecule has 5 nitrogen and oxygen atoms in total. The molecule has 0 aliphatic rings. The average Bonchev–Trinajstić information content (AvgIpc) is 2.73. The monoisotopic (exact) mass is 278 g/mol. The number of amides is 1. The van der Waals surface area contributed by atoms with Gasteiger partial charge in [0.2, 0.25) is 0 Å². The van der Waals surface area contributed by atoms with Crippen LogP contribution in [0.1, 0.15) is 30.8 Å². The lowest BCUT2D eigenvalue weighted by Gasteiger charge is -2.18. The second-order valence-corrected chi connectivity index (χ2v) is 6.14. The standard InChI is InChI=1S/C10H15ClN2O3S/c1-3-5-13(4-2)10(14)9-6-8(7-12-9)17(11,15)16/h6-7,12H,3-5H2,1-2H3. The van der Waals surface area contributed by atoms with Gasteiger partial charge in [0.1, 0.15) is 10.6 Å². The van der Waals surface area contributed by atoms with Gasteiger partial charge in [-0.2, -0.15) is 0 Å². The van der Waals surface area contributed by atoms with E-state index >= 15 is 0 Å². The van der Waals surface area contributed by atoms with E-state index < -0.39 is 9.05 Å². The van der Waals surface area contributed by atoms with Crippen LogP contribution >= 0.6 is 10.7 Å². The molecule has 0 unspecified atom stereocenters. The molecule has 1 aromatic rings. The highest BCUT2D eigenvalue weighted by molar-refractivity contribution is 8.13. The molecule has 0 atom stereocenters. The summed E-state index contributed by atoms with van der Waals surface area (Å²) in [5.74, 6) is -0.221. The van der Waals surface area contributed by atoms with Crippen LogP contribution in [0, 0.1) is 0 Å². The molecule has 1 rings (SSSR count). The number of aromatic nitrogens is 1. The van der Waals surface area contributed by atoms with Crippen molar-refractivity contribution in [2.75, 3.05) is 13.1 Å². The number of hydrogen-bond acceptors (Lipinski definition) is 3. The maximum atomic E-state index is 12.0. The van der Waals surface area contributed by atoms with Crippen LogP contribution in [-0.2, 0) is 9.05 Å². The minimum Gasteiger partial charge on any atom is -0.356 e. The zero-order valence-electron chi connectivity index (χ0n) is 9.73. The summed E-state index contributed by atoms with van der Waals surface area (Å²) in [4.78, 5) is 16.1. The Kier molecular flexibility index (Phi) is 4.59. The largest absolute Gasteiger partial charge is 0.356 e. The van der Waals surface area contributed by atoms with E-state index in [0.29, 0.717) is 13.1 Å². The molecule has 0 radical (unpaired) electrons. The van der Waals surface area contributed by atoms with Crippen molar-refractivity contribution in [1.29, 1.82) is 0 Å². The molecule has 96 valence electrons. The van der Waals surface area contributed by atoms with Crippen molar-refractivity contribution in [3.63, 3.8) is 0 Å². The van der Waals surface area contributed by atoms with Crippen molar-refractivity contribution in [3.8, 4) is 0 Å². The van der Waals surface area contributed by atoms with E-state index in [1.54, 1.807) is 4.90 Å². The van der Waals surface area contributed by atoms with Gasteiger partial charge in [-0.1, -0.05) is 6.92 Å². The Morgan fingerprint density at radius 1 is 1.47 bits per heavy atom. The average molecular weight is 279 g/mol. The van der Waals surface area contributed by atoms with Gasteiger partial charge >= 0.3 is 0 Å². The van der Waals surface area contributed by atoms with Crippen LogP contribution in [0.4, 0.5) is 0 Å². The van der Waals surface area contributed by atoms with Crippen molar-refractivity contribution >= 4 is 25.6 Å². The fourth-order valence-electron chi connectivity index (χ4n) is 1.48. The van der Waals surface area contributed by atoms with Crippen LogP contribution in [0.5, 0.6) is 0 Å². The van der Waals surface area contributed by atoms with E-state index in [1.165, 1.54) is 12.3 Å². The number of aromatic amines is 1. The Morgan fingerprint density at radius 3 is 2.53 bits per heavy atom. The van der Waals surface area contributed by atoms with E-state index in [-0.39, 0.29) is 16.5 Å². The first-order chi connectivity index (χ1) is 7.90. The Morgan fingerprint density at radius 2 is 2.12 bits per heavy atom. The highest BCUT2D eigenvalue weighted by Gasteiger charge is 2.19. The molecule has 0 bridgehead atoms. The zero-order valence-corrected chi connectivity index (χ0v) is 11.3. The summed E-state index contributed by atoms with van der Waals surface area (Å²) in [5, 5.41) is 0. The number of nitrogens with one attached hydrogen (secondary N) is 1. The van der Waals surface area contributed by atoms with Gasteiger partial charge in [0, 0.05) is 30.0 Å². The van der Waals surface area contributed by atoms with Gasteiger partial charge in [0.15, 0.2) is 0 Å². The molecule has 17 heavy (non-hydrogen) atoms. The lowest BCUT2D eigenvalue weighted by molar-refractivity contribution is 0.0759. The second kappa shape index (κ2) is 5.55. The third-order valence-electron chi connectivity index (χ3n) is 2.33. The number of carbonyl (C=O) groups excluding carboxylic acids is 1. The van der Waals surface area contributed by atoms with Gasteiger partial charge in [0.05, 0.1) is 0 Å². The number of nitrogens with zero attached hydrogens (tertiary/aromatic N) is 1. The lowest BCUT2D eigenvalue weighted by Crippen LogP contribution is -2.31. The summed E-state index contributed by atoms with van der Waals surface area (Å²) in [6.07, 6.45) is 2.07. The Hall–Kier alpha value is -1.01. The number of rotatable bonds is 5. The number of halogens is 1.